The monoisotopic (exact) mass is 546 g/mol. The molecule has 1 aliphatic rings. The van der Waals surface area contributed by atoms with Crippen molar-refractivity contribution < 1.29 is 17.9 Å². The van der Waals surface area contributed by atoms with Gasteiger partial charge in [0.2, 0.25) is 10.0 Å². The van der Waals surface area contributed by atoms with Crippen molar-refractivity contribution in [3.63, 3.8) is 0 Å². The van der Waals surface area contributed by atoms with Crippen LogP contribution in [0.25, 0.3) is 28.0 Å². The summed E-state index contributed by atoms with van der Waals surface area (Å²) in [6.45, 7) is 2.35. The van der Waals surface area contributed by atoms with Crippen molar-refractivity contribution in [2.45, 2.75) is 17.7 Å². The molecule has 3 heterocycles. The summed E-state index contributed by atoms with van der Waals surface area (Å²) in [5.41, 5.74) is 7.51. The van der Waals surface area contributed by atoms with Crippen LogP contribution >= 0.6 is 0 Å². The summed E-state index contributed by atoms with van der Waals surface area (Å²) in [5, 5.41) is 8.87. The molecule has 4 aromatic rings. The van der Waals surface area contributed by atoms with E-state index in [0.29, 0.717) is 0 Å². The molecule has 0 fully saturated rings. The van der Waals surface area contributed by atoms with Gasteiger partial charge in [0.15, 0.2) is 0 Å². The van der Waals surface area contributed by atoms with E-state index >= 15 is 0 Å². The van der Waals surface area contributed by atoms with Crippen LogP contribution in [0.3, 0.4) is 0 Å². The molecule has 0 amide bonds. The number of benzene rings is 2. The van der Waals surface area contributed by atoms with Gasteiger partial charge in [-0.15, -0.1) is 0 Å². The van der Waals surface area contributed by atoms with Gasteiger partial charge >= 0.3 is 0 Å². The van der Waals surface area contributed by atoms with Crippen molar-refractivity contribution in [3.8, 4) is 22.4 Å². The van der Waals surface area contributed by atoms with Crippen LogP contribution in [-0.2, 0) is 16.4 Å². The summed E-state index contributed by atoms with van der Waals surface area (Å²) in [7, 11) is -3.60. The number of aliphatic hydroxyl groups is 1. The second-order valence-corrected chi connectivity index (χ2v) is 11.3. The molecule has 5 rings (SSSR count). The molecule has 0 atom stereocenters. The lowest BCUT2D eigenvalue weighted by Gasteiger charge is -2.26. The molecule has 3 N–H and O–H groups in total. The number of aromatic nitrogens is 2. The van der Waals surface area contributed by atoms with Gasteiger partial charge in [0.25, 0.3) is 0 Å². The minimum absolute atomic E-state index is 0.00505. The number of nitrogens with one attached hydrogen (secondary N) is 2. The van der Waals surface area contributed by atoms with Gasteiger partial charge < -0.3 is 10.1 Å². The molecule has 0 radical (unpaired) electrons. The van der Waals surface area contributed by atoms with Crippen molar-refractivity contribution in [2.75, 3.05) is 32.8 Å². The highest BCUT2D eigenvalue weighted by Crippen LogP contribution is 2.39. The number of hydrogen-bond donors (Lipinski definition) is 3. The standard InChI is InChI=1S/C30H31FN4O3S/c31-26-5-3-25(4-6-26)30-29(24-9-14-32-15-10-24)28(21-33-30)23-12-18-35(19-13-23)17-11-22-1-7-27(8-2-22)39(37,38)34-16-20-36/h1-10,12,14-15,21,33-34,36H,11,13,16-20H2. The Hall–Kier alpha value is -3.63. The topological polar surface area (TPSA) is 98.3 Å². The summed E-state index contributed by atoms with van der Waals surface area (Å²) in [5.74, 6) is -0.262. The van der Waals surface area contributed by atoms with E-state index in [4.69, 9.17) is 5.11 Å². The largest absolute Gasteiger partial charge is 0.395 e. The molecule has 0 saturated heterocycles. The molecule has 0 unspecified atom stereocenters. The summed E-state index contributed by atoms with van der Waals surface area (Å²) in [6, 6.07) is 17.4. The number of aliphatic hydroxyl groups excluding tert-OH is 1. The highest BCUT2D eigenvalue weighted by molar-refractivity contribution is 7.89. The maximum Gasteiger partial charge on any atom is 0.240 e. The van der Waals surface area contributed by atoms with Crippen LogP contribution in [0.15, 0.2) is 90.2 Å². The van der Waals surface area contributed by atoms with Crippen LogP contribution in [0.2, 0.25) is 0 Å². The van der Waals surface area contributed by atoms with Gasteiger partial charge in [-0.25, -0.2) is 17.5 Å². The predicted molar refractivity (Wildman–Crippen MR) is 151 cm³/mol. The molecule has 39 heavy (non-hydrogen) atoms. The van der Waals surface area contributed by atoms with Crippen LogP contribution < -0.4 is 4.72 Å². The first-order chi connectivity index (χ1) is 18.9. The average molecular weight is 547 g/mol. The molecule has 0 spiro atoms. The average Bonchev–Trinajstić information content (AvgIpc) is 3.41. The van der Waals surface area contributed by atoms with E-state index in [2.05, 4.69) is 25.7 Å². The normalized spacial score (nSPS) is 14.4. The molecule has 9 heteroatoms. The SMILES string of the molecule is O=S(=O)(NCCO)c1ccc(CCN2CC=C(c3c[nH]c(-c4ccc(F)cc4)c3-c3ccncc3)CC2)cc1. The number of H-pyrrole nitrogens is 1. The molecule has 202 valence electrons. The maximum absolute atomic E-state index is 13.6. The van der Waals surface area contributed by atoms with E-state index in [1.165, 1.54) is 17.7 Å². The second-order valence-electron chi connectivity index (χ2n) is 9.49. The summed E-state index contributed by atoms with van der Waals surface area (Å²) < 4.78 is 40.3. The molecule has 0 saturated carbocycles. The van der Waals surface area contributed by atoms with E-state index in [1.807, 2.05) is 30.5 Å². The van der Waals surface area contributed by atoms with Crippen LogP contribution in [0, 0.1) is 5.82 Å². The molecule has 1 aliphatic heterocycles. The third kappa shape index (κ3) is 6.34. The molecule has 7 nitrogen and oxygen atoms in total. The summed E-state index contributed by atoms with van der Waals surface area (Å²) in [4.78, 5) is 10.2. The van der Waals surface area contributed by atoms with Crippen molar-refractivity contribution in [3.05, 3.63) is 102 Å². The zero-order valence-corrected chi connectivity index (χ0v) is 22.3. The minimum atomic E-state index is -3.60. The number of rotatable bonds is 10. The lowest BCUT2D eigenvalue weighted by Crippen LogP contribution is -2.30. The number of hydrogen-bond acceptors (Lipinski definition) is 5. The lowest BCUT2D eigenvalue weighted by atomic mass is 9.92. The van der Waals surface area contributed by atoms with Gasteiger partial charge in [-0.3, -0.25) is 9.88 Å². The Morgan fingerprint density at radius 3 is 2.41 bits per heavy atom. The fourth-order valence-electron chi connectivity index (χ4n) is 4.88. The number of nitrogens with zero attached hydrogens (tertiary/aromatic N) is 2. The van der Waals surface area contributed by atoms with Gasteiger partial charge in [-0.05, 0) is 83.6 Å². The summed E-state index contributed by atoms with van der Waals surface area (Å²) in [6.07, 6.45) is 9.59. The molecule has 0 bridgehead atoms. The Balaban J connectivity index is 1.28. The van der Waals surface area contributed by atoms with Crippen LogP contribution in [0.1, 0.15) is 17.5 Å². The van der Waals surface area contributed by atoms with Gasteiger partial charge in [0.1, 0.15) is 5.82 Å². The second kappa shape index (κ2) is 12.0. The third-order valence-corrected chi connectivity index (χ3v) is 8.45. The Morgan fingerprint density at radius 1 is 1.00 bits per heavy atom. The van der Waals surface area contributed by atoms with Gasteiger partial charge in [0, 0.05) is 55.9 Å². The Bertz CT molecular complexity index is 1530. The zero-order chi connectivity index (χ0) is 27.2. The zero-order valence-electron chi connectivity index (χ0n) is 21.5. The van der Waals surface area contributed by atoms with E-state index < -0.39 is 10.0 Å². The van der Waals surface area contributed by atoms with Crippen LogP contribution in [0.4, 0.5) is 4.39 Å². The van der Waals surface area contributed by atoms with Crippen LogP contribution in [0.5, 0.6) is 0 Å². The summed E-state index contributed by atoms with van der Waals surface area (Å²) >= 11 is 0. The first-order valence-electron chi connectivity index (χ1n) is 12.9. The Kier molecular flexibility index (Phi) is 8.33. The molecular weight excluding hydrogens is 515 g/mol. The van der Waals surface area contributed by atoms with Gasteiger partial charge in [-0.1, -0.05) is 18.2 Å². The van der Waals surface area contributed by atoms with Crippen LogP contribution in [-0.4, -0.2) is 61.2 Å². The number of pyridine rings is 1. The maximum atomic E-state index is 13.6. The fraction of sp³-hybridized carbons (Fsp3) is 0.233. The van der Waals surface area contributed by atoms with Crippen molar-refractivity contribution in [1.29, 1.82) is 0 Å². The number of halogens is 1. The smallest absolute Gasteiger partial charge is 0.240 e. The van der Waals surface area contributed by atoms with Gasteiger partial charge in [-0.2, -0.15) is 0 Å². The van der Waals surface area contributed by atoms with Crippen molar-refractivity contribution >= 4 is 15.6 Å². The Labute approximate surface area is 228 Å². The minimum Gasteiger partial charge on any atom is -0.395 e. The third-order valence-electron chi connectivity index (χ3n) is 6.98. The fourth-order valence-corrected chi connectivity index (χ4v) is 5.91. The number of sulfonamides is 1. The molecule has 2 aromatic carbocycles. The highest BCUT2D eigenvalue weighted by Gasteiger charge is 2.21. The van der Waals surface area contributed by atoms with E-state index in [1.54, 1.807) is 36.7 Å². The highest BCUT2D eigenvalue weighted by atomic mass is 32.2. The van der Waals surface area contributed by atoms with E-state index in [0.717, 1.165) is 66.0 Å². The first-order valence-corrected chi connectivity index (χ1v) is 14.4. The molecular formula is C30H31FN4O3S. The molecule has 0 aliphatic carbocycles. The number of aromatic amines is 1. The lowest BCUT2D eigenvalue weighted by molar-refractivity contribution is 0.301. The van der Waals surface area contributed by atoms with Crippen molar-refractivity contribution in [2.24, 2.45) is 0 Å². The van der Waals surface area contributed by atoms with E-state index in [-0.39, 0.29) is 23.9 Å². The predicted octanol–water partition coefficient (Wildman–Crippen LogP) is 4.49. The Morgan fingerprint density at radius 2 is 1.74 bits per heavy atom. The van der Waals surface area contributed by atoms with Crippen molar-refractivity contribution in [1.82, 2.24) is 19.6 Å². The first kappa shape index (κ1) is 27.0. The van der Waals surface area contributed by atoms with E-state index in [9.17, 15) is 12.8 Å². The van der Waals surface area contributed by atoms with Gasteiger partial charge in [0.05, 0.1) is 17.2 Å². The molecule has 2 aromatic heterocycles. The quantitative estimate of drug-likeness (QED) is 0.272.